The zero-order valence-electron chi connectivity index (χ0n) is 9.55. The van der Waals surface area contributed by atoms with E-state index in [2.05, 4.69) is 27.7 Å². The first kappa shape index (κ1) is 11.1. The molecule has 0 N–H and O–H groups in total. The molecule has 0 saturated heterocycles. The molecule has 77 valence electrons. The highest BCUT2D eigenvalue weighted by Gasteiger charge is 2.23. The molecule has 0 aromatic rings. The van der Waals surface area contributed by atoms with Crippen LogP contribution in [-0.2, 0) is 0 Å². The van der Waals surface area contributed by atoms with Gasteiger partial charge >= 0.3 is 0 Å². The molecule has 0 aromatic carbocycles. The summed E-state index contributed by atoms with van der Waals surface area (Å²) in [5.74, 6) is 3.55. The van der Waals surface area contributed by atoms with Crippen LogP contribution in [0.4, 0.5) is 0 Å². The zero-order valence-corrected chi connectivity index (χ0v) is 9.55. The van der Waals surface area contributed by atoms with Crippen LogP contribution in [0.3, 0.4) is 0 Å². The molecule has 0 bridgehead atoms. The molecule has 13 heavy (non-hydrogen) atoms. The van der Waals surface area contributed by atoms with Crippen LogP contribution in [0.5, 0.6) is 0 Å². The van der Waals surface area contributed by atoms with E-state index in [9.17, 15) is 0 Å². The van der Waals surface area contributed by atoms with Crippen LogP contribution >= 0.6 is 0 Å². The molecule has 1 saturated carbocycles. The van der Waals surface area contributed by atoms with E-state index < -0.39 is 0 Å². The summed E-state index contributed by atoms with van der Waals surface area (Å²) in [5, 5.41) is 0. The first-order valence-corrected chi connectivity index (χ1v) is 5.92. The third-order valence-corrected chi connectivity index (χ3v) is 3.57. The van der Waals surface area contributed by atoms with Gasteiger partial charge in [-0.15, -0.1) is 0 Å². The first-order valence-electron chi connectivity index (χ1n) is 5.92. The summed E-state index contributed by atoms with van der Waals surface area (Å²) in [6, 6.07) is 0. The molecule has 0 heterocycles. The molecular formula is C13H25. The Morgan fingerprint density at radius 3 is 2.00 bits per heavy atom. The summed E-state index contributed by atoms with van der Waals surface area (Å²) in [4.78, 5) is 0. The summed E-state index contributed by atoms with van der Waals surface area (Å²) < 4.78 is 0. The molecule has 0 aromatic heterocycles. The second-order valence-corrected chi connectivity index (χ2v) is 5.37. The largest absolute Gasteiger partial charge is 0.0625 e. The molecule has 1 atom stereocenters. The van der Waals surface area contributed by atoms with Gasteiger partial charge in [0.25, 0.3) is 0 Å². The van der Waals surface area contributed by atoms with Crippen LogP contribution in [0.15, 0.2) is 0 Å². The minimum atomic E-state index is 0.653. The lowest BCUT2D eigenvalue weighted by Gasteiger charge is -2.31. The Hall–Kier alpha value is 0. The fourth-order valence-electron chi connectivity index (χ4n) is 2.66. The lowest BCUT2D eigenvalue weighted by atomic mass is 9.75. The molecule has 1 unspecified atom stereocenters. The predicted octanol–water partition coefficient (Wildman–Crippen LogP) is 4.31. The van der Waals surface area contributed by atoms with E-state index in [-0.39, 0.29) is 0 Å². The maximum absolute atomic E-state index is 4.09. The minimum Gasteiger partial charge on any atom is -0.0625 e. The van der Waals surface area contributed by atoms with E-state index in [4.69, 9.17) is 0 Å². The average molecular weight is 181 g/mol. The quantitative estimate of drug-likeness (QED) is 0.608. The highest BCUT2D eigenvalue weighted by Crippen LogP contribution is 2.35. The number of hydrogen-bond acceptors (Lipinski definition) is 0. The standard InChI is InChI=1S/C13H25/c1-10(2)9-12-5-7-13(8-6-12)11(3)4/h10-13H,1,5-9H2,2-4H3. The lowest BCUT2D eigenvalue weighted by molar-refractivity contribution is 0.208. The van der Waals surface area contributed by atoms with Crippen molar-refractivity contribution in [2.45, 2.75) is 52.9 Å². The second kappa shape index (κ2) is 5.02. The fraction of sp³-hybridized carbons (Fsp3) is 0.923. The summed E-state index contributed by atoms with van der Waals surface area (Å²) >= 11 is 0. The van der Waals surface area contributed by atoms with E-state index in [0.717, 1.165) is 17.8 Å². The van der Waals surface area contributed by atoms with E-state index >= 15 is 0 Å². The van der Waals surface area contributed by atoms with Crippen LogP contribution in [-0.4, -0.2) is 0 Å². The highest BCUT2D eigenvalue weighted by atomic mass is 14.3. The van der Waals surface area contributed by atoms with Crippen molar-refractivity contribution in [3.8, 4) is 0 Å². The van der Waals surface area contributed by atoms with Crippen molar-refractivity contribution in [2.24, 2.45) is 23.7 Å². The maximum atomic E-state index is 4.09. The Bertz CT molecular complexity index is 127. The molecule has 0 amide bonds. The van der Waals surface area contributed by atoms with Crippen molar-refractivity contribution in [3.05, 3.63) is 6.92 Å². The average Bonchev–Trinajstić information content (AvgIpc) is 2.04. The van der Waals surface area contributed by atoms with Crippen molar-refractivity contribution in [1.82, 2.24) is 0 Å². The van der Waals surface area contributed by atoms with Crippen LogP contribution in [0, 0.1) is 30.6 Å². The van der Waals surface area contributed by atoms with E-state index in [1.807, 2.05) is 0 Å². The minimum absolute atomic E-state index is 0.653. The summed E-state index contributed by atoms with van der Waals surface area (Å²) in [6.07, 6.45) is 7.21. The van der Waals surface area contributed by atoms with Gasteiger partial charge in [0.1, 0.15) is 0 Å². The van der Waals surface area contributed by atoms with Gasteiger partial charge in [0.15, 0.2) is 0 Å². The normalized spacial score (nSPS) is 30.0. The molecule has 1 aliphatic rings. The Morgan fingerprint density at radius 1 is 1.08 bits per heavy atom. The van der Waals surface area contributed by atoms with E-state index in [1.54, 1.807) is 0 Å². The Kier molecular flexibility index (Phi) is 4.28. The molecule has 1 rings (SSSR count). The molecule has 0 heteroatoms. The van der Waals surface area contributed by atoms with Crippen LogP contribution in [0.1, 0.15) is 52.9 Å². The Labute approximate surface area is 84.1 Å². The fourth-order valence-corrected chi connectivity index (χ4v) is 2.66. The van der Waals surface area contributed by atoms with E-state index in [1.165, 1.54) is 32.1 Å². The zero-order chi connectivity index (χ0) is 9.84. The first-order chi connectivity index (χ1) is 6.09. The van der Waals surface area contributed by atoms with Crippen molar-refractivity contribution < 1.29 is 0 Å². The molecule has 0 spiro atoms. The topological polar surface area (TPSA) is 0 Å². The third-order valence-electron chi connectivity index (χ3n) is 3.57. The van der Waals surface area contributed by atoms with Gasteiger partial charge in [-0.25, -0.2) is 0 Å². The summed E-state index contributed by atoms with van der Waals surface area (Å²) in [6.45, 7) is 11.1. The van der Waals surface area contributed by atoms with E-state index in [0.29, 0.717) is 5.92 Å². The third kappa shape index (κ3) is 3.70. The van der Waals surface area contributed by atoms with Crippen LogP contribution in [0.2, 0.25) is 0 Å². The molecule has 1 fully saturated rings. The van der Waals surface area contributed by atoms with Gasteiger partial charge in [0.2, 0.25) is 0 Å². The van der Waals surface area contributed by atoms with Crippen molar-refractivity contribution in [2.75, 3.05) is 0 Å². The Morgan fingerprint density at radius 2 is 1.62 bits per heavy atom. The number of rotatable bonds is 3. The molecule has 0 aliphatic heterocycles. The lowest BCUT2D eigenvalue weighted by Crippen LogP contribution is -2.19. The maximum Gasteiger partial charge on any atom is -0.0391 e. The van der Waals surface area contributed by atoms with Gasteiger partial charge in [-0.2, -0.15) is 0 Å². The van der Waals surface area contributed by atoms with Crippen LogP contribution in [0.25, 0.3) is 0 Å². The second-order valence-electron chi connectivity index (χ2n) is 5.37. The smallest absolute Gasteiger partial charge is 0.0391 e. The molecule has 0 nitrogen and oxygen atoms in total. The van der Waals surface area contributed by atoms with Gasteiger partial charge in [-0.1, -0.05) is 40.5 Å². The number of hydrogen-bond donors (Lipinski definition) is 0. The predicted molar refractivity (Wildman–Crippen MR) is 59.4 cm³/mol. The summed E-state index contributed by atoms with van der Waals surface area (Å²) in [5.41, 5.74) is 0. The van der Waals surface area contributed by atoms with Crippen molar-refractivity contribution in [3.63, 3.8) is 0 Å². The van der Waals surface area contributed by atoms with Crippen LogP contribution < -0.4 is 0 Å². The Balaban J connectivity index is 2.22. The van der Waals surface area contributed by atoms with Crippen molar-refractivity contribution >= 4 is 0 Å². The molecule has 1 radical (unpaired) electrons. The van der Waals surface area contributed by atoms with Crippen molar-refractivity contribution in [1.29, 1.82) is 0 Å². The van der Waals surface area contributed by atoms with Gasteiger partial charge in [-0.05, 0) is 42.9 Å². The monoisotopic (exact) mass is 181 g/mol. The van der Waals surface area contributed by atoms with Gasteiger partial charge < -0.3 is 0 Å². The highest BCUT2D eigenvalue weighted by molar-refractivity contribution is 4.75. The molecule has 1 aliphatic carbocycles. The molecular weight excluding hydrogens is 156 g/mol. The van der Waals surface area contributed by atoms with Gasteiger partial charge in [0.05, 0.1) is 0 Å². The SMILES string of the molecule is [CH2]C(C)CC1CCC(C(C)C)CC1. The summed E-state index contributed by atoms with van der Waals surface area (Å²) in [7, 11) is 0. The van der Waals surface area contributed by atoms with Gasteiger partial charge in [0, 0.05) is 0 Å². The van der Waals surface area contributed by atoms with Gasteiger partial charge in [-0.3, -0.25) is 0 Å².